The second-order valence-electron chi connectivity index (χ2n) is 5.71. The van der Waals surface area contributed by atoms with Crippen molar-refractivity contribution < 1.29 is 22.4 Å². The molecule has 1 heterocycles. The molecule has 0 atom stereocenters. The summed E-state index contributed by atoms with van der Waals surface area (Å²) in [6.45, 7) is 1.88. The van der Waals surface area contributed by atoms with Crippen LogP contribution in [-0.2, 0) is 21.3 Å². The zero-order chi connectivity index (χ0) is 17.3. The highest BCUT2D eigenvalue weighted by Crippen LogP contribution is 2.33. The van der Waals surface area contributed by atoms with Gasteiger partial charge in [0.05, 0.1) is 18.6 Å². The zero-order valence-electron chi connectivity index (χ0n) is 13.4. The zero-order valence-corrected chi connectivity index (χ0v) is 14.2. The van der Waals surface area contributed by atoms with Crippen molar-refractivity contribution in [2.24, 2.45) is 0 Å². The molecular formula is C16H18N2O5S. The third-order valence-electron chi connectivity index (χ3n) is 3.82. The molecule has 8 heteroatoms. The topological polar surface area (TPSA) is 89.7 Å². The van der Waals surface area contributed by atoms with Crippen LogP contribution in [0.2, 0.25) is 0 Å². The molecule has 7 nitrogen and oxygen atoms in total. The number of rotatable bonds is 6. The highest BCUT2D eigenvalue weighted by molar-refractivity contribution is 7.89. The van der Waals surface area contributed by atoms with E-state index >= 15 is 0 Å². The fraction of sp³-hybridized carbons (Fsp3) is 0.375. The molecule has 1 aromatic heterocycles. The Morgan fingerprint density at radius 1 is 1.33 bits per heavy atom. The second-order valence-corrected chi connectivity index (χ2v) is 7.60. The molecule has 0 aliphatic heterocycles. The summed E-state index contributed by atoms with van der Waals surface area (Å²) in [5.41, 5.74) is 1.01. The van der Waals surface area contributed by atoms with Gasteiger partial charge in [-0.2, -0.15) is 4.31 Å². The fourth-order valence-corrected chi connectivity index (χ4v) is 3.97. The Bertz CT molecular complexity index is 838. The van der Waals surface area contributed by atoms with Crippen molar-refractivity contribution in [3.8, 4) is 0 Å². The van der Waals surface area contributed by atoms with Crippen LogP contribution in [0.15, 0.2) is 39.8 Å². The van der Waals surface area contributed by atoms with Crippen LogP contribution in [0.1, 0.15) is 34.8 Å². The summed E-state index contributed by atoms with van der Waals surface area (Å²) >= 11 is 0. The Morgan fingerprint density at radius 2 is 2.00 bits per heavy atom. The minimum atomic E-state index is -3.65. The number of oxazole rings is 1. The first-order valence-electron chi connectivity index (χ1n) is 7.53. The maximum atomic E-state index is 12.9. The van der Waals surface area contributed by atoms with Crippen LogP contribution >= 0.6 is 0 Å². The van der Waals surface area contributed by atoms with E-state index in [1.54, 1.807) is 24.3 Å². The maximum Gasteiger partial charge on any atom is 0.360 e. The smallest absolute Gasteiger partial charge is 0.360 e. The lowest BCUT2D eigenvalue weighted by atomic mass is 10.2. The third-order valence-corrected chi connectivity index (χ3v) is 5.73. The minimum absolute atomic E-state index is 0.0160. The van der Waals surface area contributed by atoms with Crippen LogP contribution in [0, 0.1) is 6.92 Å². The monoisotopic (exact) mass is 350 g/mol. The number of sulfonamides is 1. The van der Waals surface area contributed by atoms with Crippen molar-refractivity contribution in [3.63, 3.8) is 0 Å². The predicted octanol–water partition coefficient (Wildman–Crippen LogP) is 2.12. The molecule has 1 fully saturated rings. The Hall–Kier alpha value is -2.19. The van der Waals surface area contributed by atoms with Gasteiger partial charge in [0.1, 0.15) is 6.26 Å². The van der Waals surface area contributed by atoms with Gasteiger partial charge < -0.3 is 9.15 Å². The highest BCUT2D eigenvalue weighted by Gasteiger charge is 2.39. The van der Waals surface area contributed by atoms with Crippen LogP contribution in [0.5, 0.6) is 0 Å². The number of nitrogens with zero attached hydrogens (tertiary/aromatic N) is 2. The van der Waals surface area contributed by atoms with E-state index in [2.05, 4.69) is 9.72 Å². The van der Waals surface area contributed by atoms with E-state index in [9.17, 15) is 13.2 Å². The molecule has 0 amide bonds. The highest BCUT2D eigenvalue weighted by atomic mass is 32.2. The van der Waals surface area contributed by atoms with Gasteiger partial charge in [-0.25, -0.2) is 18.2 Å². The lowest BCUT2D eigenvalue weighted by Gasteiger charge is -2.20. The van der Waals surface area contributed by atoms with Gasteiger partial charge in [-0.05, 0) is 31.9 Å². The van der Waals surface area contributed by atoms with E-state index in [0.717, 1.165) is 18.4 Å². The Balaban J connectivity index is 1.86. The van der Waals surface area contributed by atoms with Crippen LogP contribution in [0.3, 0.4) is 0 Å². The van der Waals surface area contributed by atoms with E-state index in [1.807, 2.05) is 6.92 Å². The van der Waals surface area contributed by atoms with E-state index in [-0.39, 0.29) is 29.1 Å². The van der Waals surface area contributed by atoms with Crippen LogP contribution in [-0.4, -0.2) is 36.8 Å². The number of hydrogen-bond acceptors (Lipinski definition) is 6. The molecule has 0 saturated heterocycles. The predicted molar refractivity (Wildman–Crippen MR) is 84.8 cm³/mol. The maximum absolute atomic E-state index is 12.9. The fourth-order valence-electron chi connectivity index (χ4n) is 2.33. The van der Waals surface area contributed by atoms with Gasteiger partial charge in [0.2, 0.25) is 15.9 Å². The normalized spacial score (nSPS) is 14.8. The van der Waals surface area contributed by atoms with Crippen LogP contribution in [0.4, 0.5) is 0 Å². The largest absolute Gasteiger partial charge is 0.464 e. The van der Waals surface area contributed by atoms with Crippen molar-refractivity contribution in [3.05, 3.63) is 47.7 Å². The number of carbonyl (C=O) groups is 1. The van der Waals surface area contributed by atoms with E-state index in [0.29, 0.717) is 0 Å². The molecule has 0 N–H and O–H groups in total. The quantitative estimate of drug-likeness (QED) is 0.741. The summed E-state index contributed by atoms with van der Waals surface area (Å²) in [6, 6.07) is 6.65. The van der Waals surface area contributed by atoms with E-state index in [4.69, 9.17) is 4.42 Å². The molecule has 1 saturated carbocycles. The van der Waals surface area contributed by atoms with Gasteiger partial charge in [0.15, 0.2) is 5.69 Å². The third kappa shape index (κ3) is 3.34. The summed E-state index contributed by atoms with van der Waals surface area (Å²) in [4.78, 5) is 15.7. The summed E-state index contributed by atoms with van der Waals surface area (Å²) in [6.07, 6.45) is 2.77. The molecule has 1 aromatic carbocycles. The average Bonchev–Trinajstić information content (AvgIpc) is 3.29. The molecule has 24 heavy (non-hydrogen) atoms. The summed E-state index contributed by atoms with van der Waals surface area (Å²) in [7, 11) is -2.41. The molecule has 2 aromatic rings. The van der Waals surface area contributed by atoms with Crippen LogP contribution in [0.25, 0.3) is 0 Å². The summed E-state index contributed by atoms with van der Waals surface area (Å²) < 4.78 is 37.0. The van der Waals surface area contributed by atoms with Gasteiger partial charge in [0.25, 0.3) is 0 Å². The second kappa shape index (κ2) is 6.37. The molecule has 0 spiro atoms. The number of carbonyl (C=O) groups excluding carboxylic acids is 1. The Labute approximate surface area is 140 Å². The van der Waals surface area contributed by atoms with Gasteiger partial charge in [0, 0.05) is 6.04 Å². The standard InChI is InChI=1S/C16H18N2O5S/c1-11-3-7-13(8-4-11)24(20,21)18(12-5-6-12)9-15-17-14(10-23-15)16(19)22-2/h3-4,7-8,10,12H,5-6,9H2,1-2H3. The van der Waals surface area contributed by atoms with Crippen molar-refractivity contribution in [2.75, 3.05) is 7.11 Å². The molecule has 3 rings (SSSR count). The SMILES string of the molecule is COC(=O)c1coc(CN(C2CC2)S(=O)(=O)c2ccc(C)cc2)n1. The van der Waals surface area contributed by atoms with E-state index in [1.165, 1.54) is 17.7 Å². The lowest BCUT2D eigenvalue weighted by Crippen LogP contribution is -2.32. The summed E-state index contributed by atoms with van der Waals surface area (Å²) in [5.74, 6) is -0.456. The Kier molecular flexibility index (Phi) is 4.42. The van der Waals surface area contributed by atoms with Crippen LogP contribution < -0.4 is 0 Å². The molecule has 1 aliphatic rings. The number of methoxy groups -OCH3 is 1. The number of benzene rings is 1. The molecule has 1 aliphatic carbocycles. The number of hydrogen-bond donors (Lipinski definition) is 0. The van der Waals surface area contributed by atoms with Gasteiger partial charge in [-0.3, -0.25) is 0 Å². The molecule has 0 radical (unpaired) electrons. The van der Waals surface area contributed by atoms with Crippen molar-refractivity contribution in [1.29, 1.82) is 0 Å². The first kappa shape index (κ1) is 16.7. The van der Waals surface area contributed by atoms with E-state index < -0.39 is 16.0 Å². The molecule has 0 bridgehead atoms. The minimum Gasteiger partial charge on any atom is -0.464 e. The first-order chi connectivity index (χ1) is 11.4. The summed E-state index contributed by atoms with van der Waals surface area (Å²) in [5, 5.41) is 0. The van der Waals surface area contributed by atoms with Gasteiger partial charge in [-0.1, -0.05) is 17.7 Å². The van der Waals surface area contributed by atoms with Crippen molar-refractivity contribution >= 4 is 16.0 Å². The molecule has 128 valence electrons. The first-order valence-corrected chi connectivity index (χ1v) is 8.97. The average molecular weight is 350 g/mol. The number of ether oxygens (including phenoxy) is 1. The van der Waals surface area contributed by atoms with Gasteiger partial charge >= 0.3 is 5.97 Å². The Morgan fingerprint density at radius 3 is 2.58 bits per heavy atom. The van der Waals surface area contributed by atoms with Crippen molar-refractivity contribution in [1.82, 2.24) is 9.29 Å². The lowest BCUT2D eigenvalue weighted by molar-refractivity contribution is 0.0594. The number of aromatic nitrogens is 1. The van der Waals surface area contributed by atoms with Gasteiger partial charge in [-0.15, -0.1) is 0 Å². The molecule has 0 unspecified atom stereocenters. The number of aryl methyl sites for hydroxylation is 1. The molecular weight excluding hydrogens is 332 g/mol. The number of esters is 1. The van der Waals surface area contributed by atoms with Crippen molar-refractivity contribution in [2.45, 2.75) is 37.2 Å².